The van der Waals surface area contributed by atoms with Crippen molar-refractivity contribution in [1.29, 1.82) is 0 Å². The number of aromatic nitrogens is 1. The molecule has 0 bridgehead atoms. The first kappa shape index (κ1) is 24.9. The van der Waals surface area contributed by atoms with Crippen molar-refractivity contribution in [2.75, 3.05) is 31.8 Å². The zero-order valence-electron chi connectivity index (χ0n) is 21.1. The molecule has 1 fully saturated rings. The Bertz CT molecular complexity index is 1250. The standard InChI is InChI=1S/C29H34N2O4S/c1-3-4-15-35-18-19-9-11-21(12-10-19)27-30-24-16-23(29(33)34-2)25(17-26(24)36-27)31-14-13-20-7-5-6-8-22(20)28(31)32/h5-8,16-17,19,21H,3-4,9-15,18H2,1-2H3/t19-,21-. The van der Waals surface area contributed by atoms with Crippen molar-refractivity contribution in [3.63, 3.8) is 0 Å². The first-order valence-corrected chi connectivity index (χ1v) is 13.9. The Labute approximate surface area is 216 Å². The van der Waals surface area contributed by atoms with Gasteiger partial charge in [0.25, 0.3) is 5.91 Å². The largest absolute Gasteiger partial charge is 0.465 e. The number of carbonyl (C=O) groups excluding carboxylic acids is 2. The molecule has 1 aliphatic heterocycles. The second kappa shape index (κ2) is 11.1. The van der Waals surface area contributed by atoms with E-state index in [-0.39, 0.29) is 5.91 Å². The average Bonchev–Trinajstić information content (AvgIpc) is 3.34. The lowest BCUT2D eigenvalue weighted by molar-refractivity contribution is 0.0601. The van der Waals surface area contributed by atoms with Crippen molar-refractivity contribution < 1.29 is 19.1 Å². The van der Waals surface area contributed by atoms with Crippen molar-refractivity contribution in [3.05, 3.63) is 58.1 Å². The highest BCUT2D eigenvalue weighted by molar-refractivity contribution is 7.18. The van der Waals surface area contributed by atoms with Gasteiger partial charge in [-0.15, -0.1) is 11.3 Å². The molecule has 1 aliphatic carbocycles. The monoisotopic (exact) mass is 506 g/mol. The zero-order chi connectivity index (χ0) is 25.1. The molecular formula is C29H34N2O4S. The number of hydrogen-bond donors (Lipinski definition) is 0. The van der Waals surface area contributed by atoms with E-state index in [1.54, 1.807) is 22.3 Å². The number of hydrogen-bond acceptors (Lipinski definition) is 6. The Morgan fingerprint density at radius 1 is 1.17 bits per heavy atom. The number of amides is 1. The highest BCUT2D eigenvalue weighted by Crippen LogP contribution is 2.41. The van der Waals surface area contributed by atoms with Crippen LogP contribution in [-0.4, -0.2) is 43.7 Å². The summed E-state index contributed by atoms with van der Waals surface area (Å²) in [6, 6.07) is 11.5. The van der Waals surface area contributed by atoms with Crippen LogP contribution < -0.4 is 4.90 Å². The summed E-state index contributed by atoms with van der Waals surface area (Å²) in [6.45, 7) is 4.45. The molecule has 0 radical (unpaired) electrons. The van der Waals surface area contributed by atoms with E-state index in [0.29, 0.717) is 35.2 Å². The number of methoxy groups -OCH3 is 1. The van der Waals surface area contributed by atoms with Crippen molar-refractivity contribution in [3.8, 4) is 0 Å². The van der Waals surface area contributed by atoms with Gasteiger partial charge in [0, 0.05) is 31.2 Å². The van der Waals surface area contributed by atoms with E-state index in [1.807, 2.05) is 30.3 Å². The molecule has 36 heavy (non-hydrogen) atoms. The number of esters is 1. The minimum Gasteiger partial charge on any atom is -0.465 e. The van der Waals surface area contributed by atoms with Crippen LogP contribution in [0.1, 0.15) is 82.7 Å². The predicted octanol–water partition coefficient (Wildman–Crippen LogP) is 6.38. The van der Waals surface area contributed by atoms with Gasteiger partial charge in [0.05, 0.1) is 33.6 Å². The number of nitrogens with zero attached hydrogens (tertiary/aromatic N) is 2. The van der Waals surface area contributed by atoms with E-state index in [0.717, 1.165) is 72.5 Å². The third kappa shape index (κ3) is 5.04. The maximum absolute atomic E-state index is 13.4. The quantitative estimate of drug-likeness (QED) is 0.262. The summed E-state index contributed by atoms with van der Waals surface area (Å²) in [4.78, 5) is 32.8. The average molecular weight is 507 g/mol. The maximum Gasteiger partial charge on any atom is 0.340 e. The predicted molar refractivity (Wildman–Crippen MR) is 143 cm³/mol. The van der Waals surface area contributed by atoms with Crippen LogP contribution >= 0.6 is 11.3 Å². The fourth-order valence-corrected chi connectivity index (χ4v) is 6.53. The molecule has 6 nitrogen and oxygen atoms in total. The summed E-state index contributed by atoms with van der Waals surface area (Å²) in [7, 11) is 1.38. The van der Waals surface area contributed by atoms with Gasteiger partial charge in [-0.1, -0.05) is 31.5 Å². The van der Waals surface area contributed by atoms with E-state index in [9.17, 15) is 9.59 Å². The third-order valence-electron chi connectivity index (χ3n) is 7.51. The molecule has 3 aromatic rings. The van der Waals surface area contributed by atoms with Crippen LogP contribution in [-0.2, 0) is 15.9 Å². The second-order valence-electron chi connectivity index (χ2n) is 9.89. The summed E-state index contributed by atoms with van der Waals surface area (Å²) in [5.41, 5.74) is 3.54. The number of thiazole rings is 1. The van der Waals surface area contributed by atoms with Gasteiger partial charge in [-0.05, 0) is 68.2 Å². The van der Waals surface area contributed by atoms with E-state index in [1.165, 1.54) is 13.5 Å². The number of anilines is 1. The number of unbranched alkanes of at least 4 members (excludes halogenated alkanes) is 1. The molecule has 7 heteroatoms. The summed E-state index contributed by atoms with van der Waals surface area (Å²) in [5, 5.41) is 1.12. The molecule has 0 saturated heterocycles. The molecule has 1 saturated carbocycles. The van der Waals surface area contributed by atoms with Crippen LogP contribution in [0.15, 0.2) is 36.4 Å². The Hall–Kier alpha value is -2.77. The fraction of sp³-hybridized carbons (Fsp3) is 0.483. The molecule has 2 aliphatic rings. The molecular weight excluding hydrogens is 472 g/mol. The molecule has 2 heterocycles. The van der Waals surface area contributed by atoms with Crippen molar-refractivity contribution >= 4 is 39.1 Å². The van der Waals surface area contributed by atoms with Crippen LogP contribution in [0.3, 0.4) is 0 Å². The smallest absolute Gasteiger partial charge is 0.340 e. The molecule has 1 aromatic heterocycles. The van der Waals surface area contributed by atoms with Crippen LogP contribution in [0.25, 0.3) is 10.2 Å². The Balaban J connectivity index is 1.38. The minimum atomic E-state index is -0.448. The van der Waals surface area contributed by atoms with Crippen molar-refractivity contribution in [2.45, 2.75) is 57.8 Å². The lowest BCUT2D eigenvalue weighted by Gasteiger charge is -2.29. The normalized spacial score (nSPS) is 19.9. The Morgan fingerprint density at radius 2 is 1.97 bits per heavy atom. The first-order valence-electron chi connectivity index (χ1n) is 13.1. The summed E-state index contributed by atoms with van der Waals surface area (Å²) >= 11 is 1.69. The van der Waals surface area contributed by atoms with E-state index in [4.69, 9.17) is 14.5 Å². The SMILES string of the molecule is CCCCOC[C@H]1CC[C@H](c2nc3cc(C(=O)OC)c(N4CCc5ccccc5C4=O)cc3s2)CC1. The van der Waals surface area contributed by atoms with Crippen molar-refractivity contribution in [2.24, 2.45) is 5.92 Å². The molecule has 1 amide bonds. The molecule has 0 spiro atoms. The molecule has 0 unspecified atom stereocenters. The first-order chi connectivity index (χ1) is 17.6. The van der Waals surface area contributed by atoms with Gasteiger partial charge in [0.2, 0.25) is 0 Å². The number of fused-ring (bicyclic) bond motifs is 2. The van der Waals surface area contributed by atoms with Crippen LogP contribution in [0.4, 0.5) is 5.69 Å². The van der Waals surface area contributed by atoms with Crippen molar-refractivity contribution in [1.82, 2.24) is 4.98 Å². The maximum atomic E-state index is 13.4. The lowest BCUT2D eigenvalue weighted by atomic mass is 9.83. The van der Waals surface area contributed by atoms with Gasteiger partial charge >= 0.3 is 5.97 Å². The van der Waals surface area contributed by atoms with Crippen LogP contribution in [0, 0.1) is 5.92 Å². The van der Waals surface area contributed by atoms with Gasteiger partial charge in [-0.3, -0.25) is 4.79 Å². The van der Waals surface area contributed by atoms with Gasteiger partial charge < -0.3 is 14.4 Å². The fourth-order valence-electron chi connectivity index (χ4n) is 5.38. The van der Waals surface area contributed by atoms with Gasteiger partial charge in [0.15, 0.2) is 0 Å². The molecule has 2 aromatic carbocycles. The number of ether oxygens (including phenoxy) is 2. The zero-order valence-corrected chi connectivity index (χ0v) is 21.9. The third-order valence-corrected chi connectivity index (χ3v) is 8.69. The topological polar surface area (TPSA) is 68.7 Å². The highest BCUT2D eigenvalue weighted by Gasteiger charge is 2.30. The van der Waals surface area contributed by atoms with E-state index < -0.39 is 5.97 Å². The van der Waals surface area contributed by atoms with E-state index >= 15 is 0 Å². The molecule has 0 atom stereocenters. The lowest BCUT2D eigenvalue weighted by Crippen LogP contribution is -2.38. The van der Waals surface area contributed by atoms with Crippen LogP contribution in [0.5, 0.6) is 0 Å². The molecule has 0 N–H and O–H groups in total. The van der Waals surface area contributed by atoms with Crippen LogP contribution in [0.2, 0.25) is 0 Å². The van der Waals surface area contributed by atoms with Gasteiger partial charge in [-0.2, -0.15) is 0 Å². The molecule has 190 valence electrons. The summed E-state index contributed by atoms with van der Waals surface area (Å²) in [5.74, 6) is 0.545. The summed E-state index contributed by atoms with van der Waals surface area (Å²) in [6.07, 6.45) is 7.59. The summed E-state index contributed by atoms with van der Waals surface area (Å²) < 4.78 is 12.0. The number of benzene rings is 2. The minimum absolute atomic E-state index is 0.0782. The van der Waals surface area contributed by atoms with Gasteiger partial charge in [0.1, 0.15) is 0 Å². The van der Waals surface area contributed by atoms with E-state index in [2.05, 4.69) is 6.92 Å². The Morgan fingerprint density at radius 3 is 2.75 bits per heavy atom. The second-order valence-corrected chi connectivity index (χ2v) is 11.0. The highest BCUT2D eigenvalue weighted by atomic mass is 32.1. The Kier molecular flexibility index (Phi) is 7.67. The number of rotatable bonds is 8. The molecule has 5 rings (SSSR count). The number of carbonyl (C=O) groups is 2. The van der Waals surface area contributed by atoms with Gasteiger partial charge in [-0.25, -0.2) is 9.78 Å².